The fourth-order valence-electron chi connectivity index (χ4n) is 3.58. The van der Waals surface area contributed by atoms with Crippen LogP contribution in [0.5, 0.6) is 11.5 Å². The van der Waals surface area contributed by atoms with Gasteiger partial charge in [0.1, 0.15) is 6.61 Å². The maximum atomic E-state index is 5.99. The molecule has 1 aromatic carbocycles. The molecule has 1 fully saturated rings. The molecule has 0 aliphatic heterocycles. The molecule has 6 heteroatoms. The second-order valence-corrected chi connectivity index (χ2v) is 8.04. The highest BCUT2D eigenvalue weighted by Crippen LogP contribution is 2.37. The van der Waals surface area contributed by atoms with E-state index in [4.69, 9.17) is 9.47 Å². The molecule has 4 nitrogen and oxygen atoms in total. The van der Waals surface area contributed by atoms with Crippen molar-refractivity contribution in [3.63, 3.8) is 0 Å². The second-order valence-electron chi connectivity index (χ2n) is 7.18. The summed E-state index contributed by atoms with van der Waals surface area (Å²) in [4.78, 5) is 4.13. The third-order valence-electron chi connectivity index (χ3n) is 5.10. The lowest BCUT2D eigenvalue weighted by molar-refractivity contribution is 0.282. The predicted octanol–water partition coefficient (Wildman–Crippen LogP) is 6.06. The maximum absolute atomic E-state index is 5.99. The van der Waals surface area contributed by atoms with Gasteiger partial charge in [-0.15, -0.1) is 12.4 Å². The zero-order valence-electron chi connectivity index (χ0n) is 16.5. The Kier molecular flexibility index (Phi) is 10.1. The number of benzene rings is 1. The van der Waals surface area contributed by atoms with Crippen molar-refractivity contribution in [1.29, 1.82) is 0 Å². The van der Waals surface area contributed by atoms with Gasteiger partial charge in [0.25, 0.3) is 0 Å². The third kappa shape index (κ3) is 6.94. The number of nitrogens with one attached hydrogen (secondary N) is 1. The molecule has 0 spiro atoms. The van der Waals surface area contributed by atoms with Gasteiger partial charge >= 0.3 is 0 Å². The van der Waals surface area contributed by atoms with Gasteiger partial charge in [0, 0.05) is 30.5 Å². The molecule has 0 unspecified atom stereocenters. The van der Waals surface area contributed by atoms with E-state index in [1.165, 1.54) is 50.5 Å². The van der Waals surface area contributed by atoms with Crippen LogP contribution in [0, 0.1) is 0 Å². The molecule has 154 valence electrons. The molecule has 3 rings (SSSR count). The molecule has 0 atom stereocenters. The van der Waals surface area contributed by atoms with E-state index in [1.807, 2.05) is 18.3 Å². The smallest absolute Gasteiger partial charge is 0.175 e. The predicted molar refractivity (Wildman–Crippen MR) is 119 cm³/mol. The molecule has 1 aliphatic carbocycles. The molecule has 28 heavy (non-hydrogen) atoms. The van der Waals surface area contributed by atoms with Gasteiger partial charge in [0.05, 0.1) is 11.6 Å². The van der Waals surface area contributed by atoms with E-state index in [0.29, 0.717) is 12.6 Å². The van der Waals surface area contributed by atoms with Crippen molar-refractivity contribution in [2.45, 2.75) is 64.1 Å². The summed E-state index contributed by atoms with van der Waals surface area (Å²) < 4.78 is 12.5. The highest BCUT2D eigenvalue weighted by Gasteiger charge is 2.14. The van der Waals surface area contributed by atoms with Gasteiger partial charge in [-0.05, 0) is 52.5 Å². The van der Waals surface area contributed by atoms with Gasteiger partial charge in [-0.1, -0.05) is 38.2 Å². The summed E-state index contributed by atoms with van der Waals surface area (Å²) in [7, 11) is 1.69. The van der Waals surface area contributed by atoms with Crippen molar-refractivity contribution in [1.82, 2.24) is 10.3 Å². The summed E-state index contributed by atoms with van der Waals surface area (Å²) in [6, 6.07) is 8.73. The van der Waals surface area contributed by atoms with Crippen molar-refractivity contribution in [2.24, 2.45) is 0 Å². The Bertz CT molecular complexity index is 707. The summed E-state index contributed by atoms with van der Waals surface area (Å²) in [5.74, 6) is 1.48. The molecule has 0 saturated heterocycles. The first kappa shape index (κ1) is 23.0. The molecule has 1 saturated carbocycles. The van der Waals surface area contributed by atoms with E-state index in [1.54, 1.807) is 13.3 Å². The summed E-state index contributed by atoms with van der Waals surface area (Å²) in [5.41, 5.74) is 2.23. The largest absolute Gasteiger partial charge is 0.493 e. The first-order valence-corrected chi connectivity index (χ1v) is 10.7. The fraction of sp³-hybridized carbons (Fsp3) is 0.500. The Morgan fingerprint density at radius 1 is 1.11 bits per heavy atom. The van der Waals surface area contributed by atoms with Gasteiger partial charge in [-0.3, -0.25) is 4.98 Å². The van der Waals surface area contributed by atoms with E-state index in [9.17, 15) is 0 Å². The number of hydrogen-bond acceptors (Lipinski definition) is 4. The average Bonchev–Trinajstić information content (AvgIpc) is 2.66. The SMILES string of the molecule is COc1cc(CNC2CCCCCCC2)cc(Br)c1OCc1cccnc1.Cl. The molecular formula is C22H30BrClN2O2. The van der Waals surface area contributed by atoms with Crippen LogP contribution in [-0.2, 0) is 13.2 Å². The minimum atomic E-state index is 0. The van der Waals surface area contributed by atoms with Crippen molar-refractivity contribution in [2.75, 3.05) is 7.11 Å². The number of methoxy groups -OCH3 is 1. The van der Waals surface area contributed by atoms with E-state index in [0.717, 1.165) is 28.1 Å². The lowest BCUT2D eigenvalue weighted by Gasteiger charge is -2.21. The Morgan fingerprint density at radius 2 is 1.86 bits per heavy atom. The molecule has 2 aromatic rings. The number of ether oxygens (including phenoxy) is 2. The first-order valence-electron chi connectivity index (χ1n) is 9.88. The molecule has 0 bridgehead atoms. The Morgan fingerprint density at radius 3 is 2.54 bits per heavy atom. The van der Waals surface area contributed by atoms with Crippen LogP contribution >= 0.6 is 28.3 Å². The van der Waals surface area contributed by atoms with Crippen molar-refractivity contribution in [3.05, 3.63) is 52.3 Å². The van der Waals surface area contributed by atoms with Crippen LogP contribution in [0.2, 0.25) is 0 Å². The zero-order chi connectivity index (χ0) is 18.9. The molecule has 1 aromatic heterocycles. The minimum absolute atomic E-state index is 0. The van der Waals surface area contributed by atoms with Gasteiger partial charge in [0.15, 0.2) is 11.5 Å². The number of hydrogen-bond donors (Lipinski definition) is 1. The van der Waals surface area contributed by atoms with Gasteiger partial charge in [-0.25, -0.2) is 0 Å². The first-order chi connectivity index (χ1) is 13.3. The topological polar surface area (TPSA) is 43.4 Å². The van der Waals surface area contributed by atoms with Gasteiger partial charge in [-0.2, -0.15) is 0 Å². The summed E-state index contributed by atoms with van der Waals surface area (Å²) in [5, 5.41) is 3.74. The van der Waals surface area contributed by atoms with Crippen LogP contribution in [0.3, 0.4) is 0 Å². The van der Waals surface area contributed by atoms with Crippen molar-refractivity contribution < 1.29 is 9.47 Å². The van der Waals surface area contributed by atoms with Crippen LogP contribution in [0.25, 0.3) is 0 Å². The van der Waals surface area contributed by atoms with Crippen molar-refractivity contribution >= 4 is 28.3 Å². The Hall–Kier alpha value is -1.30. The van der Waals surface area contributed by atoms with Crippen LogP contribution in [0.1, 0.15) is 56.1 Å². The van der Waals surface area contributed by atoms with Gasteiger partial charge in [0.2, 0.25) is 0 Å². The molecule has 1 N–H and O–H groups in total. The van der Waals surface area contributed by atoms with Gasteiger partial charge < -0.3 is 14.8 Å². The van der Waals surface area contributed by atoms with Crippen LogP contribution < -0.4 is 14.8 Å². The van der Waals surface area contributed by atoms with Crippen molar-refractivity contribution in [3.8, 4) is 11.5 Å². The molecule has 1 heterocycles. The highest BCUT2D eigenvalue weighted by molar-refractivity contribution is 9.10. The van der Waals surface area contributed by atoms with E-state index in [-0.39, 0.29) is 12.4 Å². The number of nitrogens with zero attached hydrogens (tertiary/aromatic N) is 1. The standard InChI is InChI=1S/C22H29BrN2O2.ClH/c1-26-21-13-18(15-25-19-9-5-3-2-4-6-10-19)12-20(23)22(21)27-16-17-8-7-11-24-14-17;/h7-8,11-14,19,25H,2-6,9-10,15-16H2,1H3;1H. The quantitative estimate of drug-likeness (QED) is 0.535. The van der Waals surface area contributed by atoms with Crippen LogP contribution in [0.4, 0.5) is 0 Å². The minimum Gasteiger partial charge on any atom is -0.493 e. The number of halogens is 2. The van der Waals surface area contributed by atoms with Crippen LogP contribution in [0.15, 0.2) is 41.1 Å². The summed E-state index contributed by atoms with van der Waals surface area (Å²) in [6.45, 7) is 1.31. The van der Waals surface area contributed by atoms with E-state index < -0.39 is 0 Å². The number of rotatable bonds is 7. The van der Waals surface area contributed by atoms with Crippen LogP contribution in [-0.4, -0.2) is 18.1 Å². The second kappa shape index (κ2) is 12.3. The monoisotopic (exact) mass is 468 g/mol. The lowest BCUT2D eigenvalue weighted by atomic mass is 9.96. The summed E-state index contributed by atoms with van der Waals surface area (Å²) in [6.07, 6.45) is 13.0. The summed E-state index contributed by atoms with van der Waals surface area (Å²) >= 11 is 3.65. The number of aromatic nitrogens is 1. The third-order valence-corrected chi connectivity index (χ3v) is 5.68. The normalized spacial score (nSPS) is 15.2. The number of pyridine rings is 1. The molecular weight excluding hydrogens is 440 g/mol. The Balaban J connectivity index is 0.00000280. The molecule has 0 radical (unpaired) electrons. The fourth-order valence-corrected chi connectivity index (χ4v) is 4.18. The highest BCUT2D eigenvalue weighted by atomic mass is 79.9. The van der Waals surface area contributed by atoms with E-state index in [2.05, 4.69) is 38.4 Å². The average molecular weight is 470 g/mol. The maximum Gasteiger partial charge on any atom is 0.175 e. The zero-order valence-corrected chi connectivity index (χ0v) is 18.9. The lowest BCUT2D eigenvalue weighted by Crippen LogP contribution is -2.29. The molecule has 0 amide bonds. The Labute approximate surface area is 183 Å². The molecule has 1 aliphatic rings. The van der Waals surface area contributed by atoms with E-state index >= 15 is 0 Å².